The Bertz CT molecular complexity index is 1160. The van der Waals surface area contributed by atoms with E-state index in [2.05, 4.69) is 50.3 Å². The molecule has 250 valence electrons. The van der Waals surface area contributed by atoms with E-state index in [1.807, 2.05) is 13.0 Å². The van der Waals surface area contributed by atoms with E-state index in [1.165, 1.54) is 31.3 Å². The van der Waals surface area contributed by atoms with E-state index in [0.29, 0.717) is 32.1 Å². The molecule has 4 aliphatic rings. The summed E-state index contributed by atoms with van der Waals surface area (Å²) in [6.45, 7) is 5.96. The van der Waals surface area contributed by atoms with Gasteiger partial charge in [0.25, 0.3) is 0 Å². The molecule has 0 aromatic carbocycles. The first-order chi connectivity index (χ1) is 21.6. The van der Waals surface area contributed by atoms with Crippen LogP contribution in [0.15, 0.2) is 48.1 Å². The first kappa shape index (κ1) is 35.5. The number of ketones is 2. The minimum absolute atomic E-state index is 0.0256. The fourth-order valence-corrected chi connectivity index (χ4v) is 9.31. The Hall–Kier alpha value is -2.31. The van der Waals surface area contributed by atoms with Gasteiger partial charge in [-0.2, -0.15) is 0 Å². The van der Waals surface area contributed by atoms with Gasteiger partial charge in [-0.1, -0.05) is 75.6 Å². The zero-order chi connectivity index (χ0) is 32.5. The number of allylic oxidation sites excluding steroid dienone is 7. The van der Waals surface area contributed by atoms with Crippen LogP contribution in [-0.4, -0.2) is 46.1 Å². The first-order valence-corrected chi connectivity index (χ1v) is 17.8. The molecule has 6 nitrogen and oxygen atoms in total. The standard InChI is InChI=1S/C39H58O6/c1-4-5-6-7-8-9-10-11-12-13-14-15-16-17-18-19-35(43)45-28-34(42)39(44)25-23-32-31-21-20-29-26-30(40)22-24-37(29,2)36(31)33(41)27-38(32,39)3/h8-9,11-12,14-15,26,31-33,36,41,44H,4-7,10,13,16-25,27-28H2,1-3H3/t31-,32-,33+,36+,37-,38-,39-/m0/s1. The van der Waals surface area contributed by atoms with Crippen LogP contribution >= 0.6 is 0 Å². The van der Waals surface area contributed by atoms with Gasteiger partial charge in [0.1, 0.15) is 5.60 Å². The molecule has 3 saturated carbocycles. The zero-order valence-electron chi connectivity index (χ0n) is 28.1. The molecule has 6 heteroatoms. The van der Waals surface area contributed by atoms with Crippen LogP contribution in [0.1, 0.15) is 130 Å². The summed E-state index contributed by atoms with van der Waals surface area (Å²) in [5.41, 5.74) is -1.44. The number of aliphatic hydroxyl groups excluding tert-OH is 1. The Balaban J connectivity index is 1.17. The van der Waals surface area contributed by atoms with Crippen molar-refractivity contribution in [1.82, 2.24) is 0 Å². The lowest BCUT2D eigenvalue weighted by atomic mass is 9.45. The predicted octanol–water partition coefficient (Wildman–Crippen LogP) is 7.92. The van der Waals surface area contributed by atoms with Crippen LogP contribution in [0.4, 0.5) is 0 Å². The number of unbranched alkanes of at least 4 members (excludes halogenated alkanes) is 5. The lowest BCUT2D eigenvalue weighted by Gasteiger charge is -2.60. The number of hydrogen-bond acceptors (Lipinski definition) is 6. The van der Waals surface area contributed by atoms with E-state index in [1.54, 1.807) is 0 Å². The molecule has 0 spiro atoms. The van der Waals surface area contributed by atoms with Gasteiger partial charge in [0.15, 0.2) is 12.4 Å². The first-order valence-electron chi connectivity index (χ1n) is 17.8. The third-order valence-electron chi connectivity index (χ3n) is 11.9. The van der Waals surface area contributed by atoms with Crippen molar-refractivity contribution >= 4 is 17.5 Å². The van der Waals surface area contributed by atoms with Gasteiger partial charge in [0.2, 0.25) is 5.78 Å². The normalized spacial score (nSPS) is 34.6. The van der Waals surface area contributed by atoms with Crippen LogP contribution in [0.5, 0.6) is 0 Å². The molecule has 0 heterocycles. The maximum Gasteiger partial charge on any atom is 0.306 e. The van der Waals surface area contributed by atoms with Gasteiger partial charge in [-0.15, -0.1) is 0 Å². The van der Waals surface area contributed by atoms with Crippen molar-refractivity contribution in [1.29, 1.82) is 0 Å². The molecule has 0 saturated heterocycles. The summed E-state index contributed by atoms with van der Waals surface area (Å²) in [5, 5.41) is 23.4. The molecule has 45 heavy (non-hydrogen) atoms. The number of rotatable bonds is 16. The Morgan fingerprint density at radius 2 is 1.60 bits per heavy atom. The smallest absolute Gasteiger partial charge is 0.306 e. The number of aliphatic hydroxyl groups is 2. The molecule has 0 unspecified atom stereocenters. The van der Waals surface area contributed by atoms with E-state index in [-0.39, 0.29) is 35.4 Å². The molecule has 0 aromatic heterocycles. The second-order valence-corrected chi connectivity index (χ2v) is 14.7. The molecular weight excluding hydrogens is 564 g/mol. The Morgan fingerprint density at radius 1 is 0.933 bits per heavy atom. The average Bonchev–Trinajstić information content (AvgIpc) is 3.28. The van der Waals surface area contributed by atoms with Crippen molar-refractivity contribution in [3.63, 3.8) is 0 Å². The number of esters is 1. The molecule has 0 aromatic rings. The number of hydrogen-bond donors (Lipinski definition) is 2. The Kier molecular flexibility index (Phi) is 12.6. The number of Topliss-reactive ketones (excluding diaryl/α,β-unsaturated/α-hetero) is 1. The molecule has 4 rings (SSSR count). The van der Waals surface area contributed by atoms with Crippen molar-refractivity contribution in [2.24, 2.45) is 28.6 Å². The fraction of sp³-hybridized carbons (Fsp3) is 0.718. The van der Waals surface area contributed by atoms with Crippen molar-refractivity contribution in [3.8, 4) is 0 Å². The van der Waals surface area contributed by atoms with Crippen LogP contribution in [-0.2, 0) is 19.1 Å². The Labute approximate surface area is 271 Å². The number of carbonyl (C=O) groups excluding carboxylic acids is 3. The molecular formula is C39H58O6. The molecule has 0 bridgehead atoms. The molecule has 0 radical (unpaired) electrons. The highest BCUT2D eigenvalue weighted by Crippen LogP contribution is 2.67. The summed E-state index contributed by atoms with van der Waals surface area (Å²) in [5.74, 6) is -0.355. The van der Waals surface area contributed by atoms with Crippen LogP contribution in [0, 0.1) is 28.6 Å². The quantitative estimate of drug-likeness (QED) is 0.103. The van der Waals surface area contributed by atoms with E-state index in [0.717, 1.165) is 44.9 Å². The van der Waals surface area contributed by atoms with Crippen molar-refractivity contribution < 1.29 is 29.3 Å². The van der Waals surface area contributed by atoms with Gasteiger partial charge in [-0.25, -0.2) is 0 Å². The van der Waals surface area contributed by atoms with Crippen LogP contribution < -0.4 is 0 Å². The fourth-order valence-electron chi connectivity index (χ4n) is 9.31. The van der Waals surface area contributed by atoms with Crippen LogP contribution in [0.3, 0.4) is 0 Å². The summed E-state index contributed by atoms with van der Waals surface area (Å²) in [6.07, 6.45) is 28.3. The lowest BCUT2D eigenvalue weighted by Crippen LogP contribution is -2.62. The third kappa shape index (κ3) is 7.99. The minimum atomic E-state index is -1.62. The highest BCUT2D eigenvalue weighted by atomic mass is 16.5. The molecule has 4 aliphatic carbocycles. The van der Waals surface area contributed by atoms with Gasteiger partial charge in [0.05, 0.1) is 6.10 Å². The molecule has 0 amide bonds. The number of fused-ring (bicyclic) bond motifs is 5. The minimum Gasteiger partial charge on any atom is -0.458 e. The summed E-state index contributed by atoms with van der Waals surface area (Å²) >= 11 is 0. The molecule has 2 N–H and O–H groups in total. The maximum absolute atomic E-state index is 13.5. The van der Waals surface area contributed by atoms with Crippen molar-refractivity contribution in [2.75, 3.05) is 6.61 Å². The van der Waals surface area contributed by atoms with Gasteiger partial charge >= 0.3 is 5.97 Å². The second-order valence-electron chi connectivity index (χ2n) is 14.7. The van der Waals surface area contributed by atoms with E-state index in [4.69, 9.17) is 4.74 Å². The van der Waals surface area contributed by atoms with Crippen LogP contribution in [0.25, 0.3) is 0 Å². The van der Waals surface area contributed by atoms with Gasteiger partial charge in [-0.3, -0.25) is 14.4 Å². The molecule has 3 fully saturated rings. The maximum atomic E-state index is 13.5. The number of carbonyl (C=O) groups is 3. The van der Waals surface area contributed by atoms with Crippen molar-refractivity contribution in [3.05, 3.63) is 48.1 Å². The second kappa shape index (κ2) is 16.0. The SMILES string of the molecule is CCCCCC=CCC=CCC=CCCCCC(=O)OCC(=O)[C@@]1(O)CC[C@H]2[C@@H]3CCC4=CC(=O)CC[C@]4(C)[C@H]3[C@H](O)C[C@@]21C. The largest absolute Gasteiger partial charge is 0.458 e. The summed E-state index contributed by atoms with van der Waals surface area (Å²) < 4.78 is 5.37. The van der Waals surface area contributed by atoms with E-state index in [9.17, 15) is 24.6 Å². The Morgan fingerprint density at radius 3 is 2.29 bits per heavy atom. The topological polar surface area (TPSA) is 101 Å². The molecule has 7 atom stereocenters. The number of ether oxygens (including phenoxy) is 1. The molecule has 0 aliphatic heterocycles. The third-order valence-corrected chi connectivity index (χ3v) is 11.9. The summed E-state index contributed by atoms with van der Waals surface area (Å²) in [6, 6.07) is 0. The van der Waals surface area contributed by atoms with Gasteiger partial charge in [-0.05, 0) is 113 Å². The van der Waals surface area contributed by atoms with Crippen LogP contribution in [0.2, 0.25) is 0 Å². The monoisotopic (exact) mass is 622 g/mol. The lowest BCUT2D eigenvalue weighted by molar-refractivity contribution is -0.184. The highest BCUT2D eigenvalue weighted by Gasteiger charge is 2.68. The average molecular weight is 623 g/mol. The predicted molar refractivity (Wildman–Crippen MR) is 178 cm³/mol. The van der Waals surface area contributed by atoms with Gasteiger partial charge in [0, 0.05) is 18.3 Å². The van der Waals surface area contributed by atoms with E-state index < -0.39 is 35.5 Å². The van der Waals surface area contributed by atoms with Gasteiger partial charge < -0.3 is 14.9 Å². The highest BCUT2D eigenvalue weighted by molar-refractivity contribution is 5.92. The summed E-state index contributed by atoms with van der Waals surface area (Å²) in [7, 11) is 0. The van der Waals surface area contributed by atoms with E-state index >= 15 is 0 Å². The summed E-state index contributed by atoms with van der Waals surface area (Å²) in [4.78, 5) is 38.0. The van der Waals surface area contributed by atoms with Crippen molar-refractivity contribution in [2.45, 2.75) is 142 Å². The zero-order valence-corrected chi connectivity index (χ0v) is 28.1.